The van der Waals surface area contributed by atoms with Gasteiger partial charge in [0.15, 0.2) is 5.03 Å². The quantitative estimate of drug-likeness (QED) is 0.527. The van der Waals surface area contributed by atoms with Gasteiger partial charge in [-0.1, -0.05) is 0 Å². The van der Waals surface area contributed by atoms with E-state index in [1.54, 1.807) is 0 Å². The Morgan fingerprint density at radius 2 is 2.30 bits per heavy atom. The first-order valence-electron chi connectivity index (χ1n) is 2.42. The molecule has 0 fully saturated rings. The molecular formula is C4H6N2O3S. The lowest BCUT2D eigenvalue weighted by Gasteiger charge is -2.08. The summed E-state index contributed by atoms with van der Waals surface area (Å²) in [6, 6.07) is 0. The molecule has 10 heavy (non-hydrogen) atoms. The number of hydrogen-bond acceptors (Lipinski definition) is 4. The molecule has 0 aromatic heterocycles. The number of allylic oxidation sites excluding steroid dienone is 2. The van der Waals surface area contributed by atoms with Crippen LogP contribution in [0.3, 0.4) is 0 Å². The van der Waals surface area contributed by atoms with Crippen molar-refractivity contribution in [1.82, 2.24) is 5.48 Å². The molecule has 0 radical (unpaired) electrons. The molecule has 1 aliphatic rings. The highest BCUT2D eigenvalue weighted by Gasteiger charge is 2.11. The molecule has 0 aliphatic carbocycles. The maximum atomic E-state index is 10.5. The lowest BCUT2D eigenvalue weighted by molar-refractivity contribution is 0.167. The van der Waals surface area contributed by atoms with Crippen LogP contribution < -0.4 is 10.6 Å². The van der Waals surface area contributed by atoms with E-state index in [0.29, 0.717) is 0 Å². The molecule has 1 aliphatic heterocycles. The minimum absolute atomic E-state index is 0.144. The summed E-state index contributed by atoms with van der Waals surface area (Å²) < 4.78 is 21.0. The molecule has 0 aromatic carbocycles. The molecule has 6 heteroatoms. The van der Waals surface area contributed by atoms with Crippen LogP contribution >= 0.6 is 0 Å². The second-order valence-electron chi connectivity index (χ2n) is 1.62. The Labute approximate surface area is 58.2 Å². The van der Waals surface area contributed by atoms with Gasteiger partial charge in [-0.05, 0) is 12.2 Å². The molecule has 3 N–H and O–H groups in total. The second-order valence-corrected chi connectivity index (χ2v) is 3.15. The van der Waals surface area contributed by atoms with Gasteiger partial charge in [0, 0.05) is 0 Å². The smallest absolute Gasteiger partial charge is 0.256 e. The summed E-state index contributed by atoms with van der Waals surface area (Å²) in [5, 5.41) is 4.59. The summed E-state index contributed by atoms with van der Waals surface area (Å²) >= 11 is 0. The number of nitrogens with two attached hydrogens (primary N) is 1. The van der Waals surface area contributed by atoms with Crippen molar-refractivity contribution in [3.05, 3.63) is 23.4 Å². The van der Waals surface area contributed by atoms with Crippen molar-refractivity contribution in [2.45, 2.75) is 0 Å². The van der Waals surface area contributed by atoms with Crippen molar-refractivity contribution in [3.63, 3.8) is 0 Å². The van der Waals surface area contributed by atoms with Crippen molar-refractivity contribution < 1.29 is 13.3 Å². The van der Waals surface area contributed by atoms with Gasteiger partial charge < -0.3 is 4.84 Å². The summed E-state index contributed by atoms with van der Waals surface area (Å²) in [4.78, 5) is 4.45. The van der Waals surface area contributed by atoms with Gasteiger partial charge in [-0.15, -0.1) is 0 Å². The fourth-order valence-corrected chi connectivity index (χ4v) is 0.878. The monoisotopic (exact) mass is 162 g/mol. The molecule has 0 bridgehead atoms. The van der Waals surface area contributed by atoms with Crippen LogP contribution in [0.5, 0.6) is 0 Å². The summed E-state index contributed by atoms with van der Waals surface area (Å²) in [6.07, 6.45) is 4.03. The molecule has 1 rings (SSSR count). The van der Waals surface area contributed by atoms with E-state index in [2.05, 4.69) is 10.3 Å². The van der Waals surface area contributed by atoms with E-state index < -0.39 is 10.0 Å². The third kappa shape index (κ3) is 1.49. The molecule has 0 spiro atoms. The lowest BCUT2D eigenvalue weighted by atomic mass is 10.6. The van der Waals surface area contributed by atoms with Gasteiger partial charge >= 0.3 is 0 Å². The Morgan fingerprint density at radius 1 is 1.60 bits per heavy atom. The zero-order valence-electron chi connectivity index (χ0n) is 4.94. The van der Waals surface area contributed by atoms with E-state index in [0.717, 1.165) is 0 Å². The van der Waals surface area contributed by atoms with Crippen LogP contribution in [0, 0.1) is 0 Å². The SMILES string of the molecule is NS(=O)(=O)C1=CC=CON1. The van der Waals surface area contributed by atoms with Gasteiger partial charge in [0.1, 0.15) is 6.26 Å². The van der Waals surface area contributed by atoms with E-state index in [-0.39, 0.29) is 5.03 Å². The normalized spacial score (nSPS) is 17.1. The standard InChI is InChI=1S/C4H6N2O3S/c5-10(7,8)4-2-1-3-9-6-4/h1-3,6H,(H2,5,7,8). The average Bonchev–Trinajstić information content (AvgIpc) is 1.88. The first-order chi connectivity index (χ1) is 4.61. The maximum Gasteiger partial charge on any atom is 0.256 e. The summed E-state index contributed by atoms with van der Waals surface area (Å²) in [5.41, 5.74) is 2.12. The van der Waals surface area contributed by atoms with E-state index in [1.165, 1.54) is 18.4 Å². The molecule has 5 nitrogen and oxygen atoms in total. The van der Waals surface area contributed by atoms with Crippen LogP contribution in [-0.4, -0.2) is 8.42 Å². The van der Waals surface area contributed by atoms with Crippen molar-refractivity contribution in [2.24, 2.45) is 5.14 Å². The molecule has 0 aromatic rings. The number of hydroxylamine groups is 1. The van der Waals surface area contributed by atoms with E-state index in [1.807, 2.05) is 0 Å². The van der Waals surface area contributed by atoms with Gasteiger partial charge in [-0.25, -0.2) is 19.0 Å². The highest BCUT2D eigenvalue weighted by atomic mass is 32.2. The fourth-order valence-electron chi connectivity index (χ4n) is 0.445. The van der Waals surface area contributed by atoms with Gasteiger partial charge in [0.2, 0.25) is 0 Å². The Hall–Kier alpha value is -1.01. The third-order valence-electron chi connectivity index (χ3n) is 0.860. The fraction of sp³-hybridized carbons (Fsp3) is 0. The Kier molecular flexibility index (Phi) is 1.64. The van der Waals surface area contributed by atoms with Gasteiger partial charge in [0.05, 0.1) is 0 Å². The van der Waals surface area contributed by atoms with Crippen LogP contribution in [0.15, 0.2) is 23.4 Å². The van der Waals surface area contributed by atoms with Crippen LogP contribution in [0.2, 0.25) is 0 Å². The number of sulfonamides is 1. The number of primary sulfonamides is 1. The minimum Gasteiger partial charge on any atom is -0.389 e. The van der Waals surface area contributed by atoms with E-state index >= 15 is 0 Å². The molecule has 0 saturated heterocycles. The summed E-state index contributed by atoms with van der Waals surface area (Å²) in [7, 11) is -3.65. The van der Waals surface area contributed by atoms with Crippen LogP contribution in [0.4, 0.5) is 0 Å². The number of rotatable bonds is 1. The molecular weight excluding hydrogens is 156 g/mol. The predicted octanol–water partition coefficient (Wildman–Crippen LogP) is -0.835. The van der Waals surface area contributed by atoms with Crippen molar-refractivity contribution in [1.29, 1.82) is 0 Å². The van der Waals surface area contributed by atoms with Gasteiger partial charge in [0.25, 0.3) is 10.0 Å². The molecule has 0 saturated carbocycles. The Balaban J connectivity index is 2.93. The first-order valence-corrected chi connectivity index (χ1v) is 3.96. The predicted molar refractivity (Wildman–Crippen MR) is 34.6 cm³/mol. The highest BCUT2D eigenvalue weighted by molar-refractivity contribution is 7.93. The van der Waals surface area contributed by atoms with Crippen molar-refractivity contribution in [3.8, 4) is 0 Å². The lowest BCUT2D eigenvalue weighted by Crippen LogP contribution is -2.26. The molecule has 56 valence electrons. The number of nitrogens with one attached hydrogen (secondary N) is 1. The largest absolute Gasteiger partial charge is 0.389 e. The molecule has 0 atom stereocenters. The molecule has 1 heterocycles. The molecule has 0 unspecified atom stereocenters. The zero-order valence-corrected chi connectivity index (χ0v) is 5.76. The van der Waals surface area contributed by atoms with Gasteiger partial charge in [-0.3, -0.25) is 0 Å². The number of hydrogen-bond donors (Lipinski definition) is 2. The summed E-state index contributed by atoms with van der Waals surface area (Å²) in [5.74, 6) is 0. The highest BCUT2D eigenvalue weighted by Crippen LogP contribution is 2.01. The Morgan fingerprint density at radius 3 is 2.60 bits per heavy atom. The Bertz CT molecular complexity index is 277. The van der Waals surface area contributed by atoms with Crippen LogP contribution in [0.25, 0.3) is 0 Å². The summed E-state index contributed by atoms with van der Waals surface area (Å²) in [6.45, 7) is 0. The third-order valence-corrected chi connectivity index (χ3v) is 1.69. The minimum atomic E-state index is -3.65. The van der Waals surface area contributed by atoms with E-state index in [9.17, 15) is 8.42 Å². The topological polar surface area (TPSA) is 81.4 Å². The van der Waals surface area contributed by atoms with Crippen LogP contribution in [0.1, 0.15) is 0 Å². The second kappa shape index (κ2) is 2.31. The van der Waals surface area contributed by atoms with Crippen molar-refractivity contribution in [2.75, 3.05) is 0 Å². The van der Waals surface area contributed by atoms with Gasteiger partial charge in [-0.2, -0.15) is 0 Å². The van der Waals surface area contributed by atoms with Crippen LogP contribution in [-0.2, 0) is 14.9 Å². The zero-order chi connectivity index (χ0) is 7.61. The van der Waals surface area contributed by atoms with Crippen molar-refractivity contribution >= 4 is 10.0 Å². The molecule has 0 amide bonds. The van der Waals surface area contributed by atoms with E-state index in [4.69, 9.17) is 5.14 Å². The maximum absolute atomic E-state index is 10.5. The first kappa shape index (κ1) is 7.10. The average molecular weight is 162 g/mol.